The van der Waals surface area contributed by atoms with Crippen molar-refractivity contribution in [3.63, 3.8) is 0 Å². The van der Waals surface area contributed by atoms with Crippen LogP contribution in [0.3, 0.4) is 0 Å². The number of anilines is 1. The number of ether oxygens (including phenoxy) is 1. The van der Waals surface area contributed by atoms with Crippen LogP contribution in [0.2, 0.25) is 0 Å². The molecule has 3 nitrogen and oxygen atoms in total. The van der Waals surface area contributed by atoms with E-state index in [9.17, 15) is 0 Å². The Hall–Kier alpha value is -1.22. The summed E-state index contributed by atoms with van der Waals surface area (Å²) >= 11 is 0. The molecule has 0 spiro atoms. The van der Waals surface area contributed by atoms with E-state index in [1.165, 1.54) is 0 Å². The average Bonchev–Trinajstić information content (AvgIpc) is 2.16. The second kappa shape index (κ2) is 5.21. The number of nitrogens with one attached hydrogen (secondary N) is 1. The first kappa shape index (κ1) is 12.8. The molecule has 0 atom stereocenters. The Balaban J connectivity index is 2.52. The first-order chi connectivity index (χ1) is 7.42. The fraction of sp³-hybridized carbons (Fsp3) is 0.538. The van der Waals surface area contributed by atoms with Gasteiger partial charge >= 0.3 is 0 Å². The Bertz CT molecular complexity index is 342. The van der Waals surface area contributed by atoms with Crippen molar-refractivity contribution in [3.05, 3.63) is 23.8 Å². The van der Waals surface area contributed by atoms with Gasteiger partial charge in [0.15, 0.2) is 0 Å². The van der Waals surface area contributed by atoms with Crippen molar-refractivity contribution in [2.24, 2.45) is 5.73 Å². The van der Waals surface area contributed by atoms with Crippen LogP contribution in [0.4, 0.5) is 5.69 Å². The molecule has 0 aromatic heterocycles. The topological polar surface area (TPSA) is 47.3 Å². The molecule has 3 heteroatoms. The molecular formula is C13H22N2O. The van der Waals surface area contributed by atoms with Gasteiger partial charge in [0.1, 0.15) is 5.75 Å². The maximum atomic E-state index is 5.92. The molecule has 3 N–H and O–H groups in total. The van der Waals surface area contributed by atoms with E-state index in [-0.39, 0.29) is 5.54 Å². The van der Waals surface area contributed by atoms with Crippen LogP contribution in [0.15, 0.2) is 18.2 Å². The zero-order valence-corrected chi connectivity index (χ0v) is 10.6. The summed E-state index contributed by atoms with van der Waals surface area (Å²) in [5, 5.41) is 3.36. The van der Waals surface area contributed by atoms with Crippen molar-refractivity contribution in [1.82, 2.24) is 0 Å². The van der Waals surface area contributed by atoms with Crippen LogP contribution in [0.1, 0.15) is 25.8 Å². The normalized spacial score (nSPS) is 11.3. The van der Waals surface area contributed by atoms with Gasteiger partial charge in [-0.05, 0) is 51.0 Å². The molecule has 0 bridgehead atoms. The van der Waals surface area contributed by atoms with Gasteiger partial charge in [-0.15, -0.1) is 0 Å². The highest BCUT2D eigenvalue weighted by Gasteiger charge is 2.09. The van der Waals surface area contributed by atoms with Gasteiger partial charge in [-0.2, -0.15) is 0 Å². The number of benzene rings is 1. The van der Waals surface area contributed by atoms with Crippen LogP contribution in [0.25, 0.3) is 0 Å². The predicted molar refractivity (Wildman–Crippen MR) is 69.1 cm³/mol. The van der Waals surface area contributed by atoms with E-state index >= 15 is 0 Å². The average molecular weight is 222 g/mol. The summed E-state index contributed by atoms with van der Waals surface area (Å²) in [6, 6.07) is 6.09. The molecule has 1 aromatic carbocycles. The highest BCUT2D eigenvalue weighted by molar-refractivity contribution is 5.50. The lowest BCUT2D eigenvalue weighted by Crippen LogP contribution is -2.34. The van der Waals surface area contributed by atoms with E-state index in [1.807, 2.05) is 32.9 Å². The Morgan fingerprint density at radius 3 is 2.56 bits per heavy atom. The second-order valence-corrected chi connectivity index (χ2v) is 4.85. The largest absolute Gasteiger partial charge is 0.496 e. The van der Waals surface area contributed by atoms with Crippen LogP contribution >= 0.6 is 0 Å². The fourth-order valence-electron chi connectivity index (χ4n) is 1.52. The smallest absolute Gasteiger partial charge is 0.121 e. The van der Waals surface area contributed by atoms with Gasteiger partial charge in [-0.3, -0.25) is 0 Å². The minimum absolute atomic E-state index is 0.117. The summed E-state index contributed by atoms with van der Waals surface area (Å²) in [6.45, 7) is 6.99. The monoisotopic (exact) mass is 222 g/mol. The summed E-state index contributed by atoms with van der Waals surface area (Å²) in [7, 11) is 1.69. The van der Waals surface area contributed by atoms with Gasteiger partial charge in [-0.1, -0.05) is 0 Å². The third kappa shape index (κ3) is 4.11. The van der Waals surface area contributed by atoms with Gasteiger partial charge in [0.05, 0.1) is 7.11 Å². The maximum Gasteiger partial charge on any atom is 0.121 e. The van der Waals surface area contributed by atoms with Crippen LogP contribution in [-0.2, 0) is 0 Å². The van der Waals surface area contributed by atoms with E-state index in [0.29, 0.717) is 0 Å². The quantitative estimate of drug-likeness (QED) is 0.805. The Morgan fingerprint density at radius 1 is 1.38 bits per heavy atom. The third-order valence-electron chi connectivity index (χ3n) is 2.49. The van der Waals surface area contributed by atoms with E-state index < -0.39 is 0 Å². The summed E-state index contributed by atoms with van der Waals surface area (Å²) in [4.78, 5) is 0. The lowest BCUT2D eigenvalue weighted by molar-refractivity contribution is 0.412. The number of methoxy groups -OCH3 is 1. The molecule has 0 radical (unpaired) electrons. The van der Waals surface area contributed by atoms with Crippen LogP contribution in [-0.4, -0.2) is 19.2 Å². The van der Waals surface area contributed by atoms with Gasteiger partial charge in [0, 0.05) is 17.8 Å². The van der Waals surface area contributed by atoms with E-state index in [4.69, 9.17) is 10.5 Å². The Labute approximate surface area is 98.0 Å². The Kier molecular flexibility index (Phi) is 4.19. The van der Waals surface area contributed by atoms with Crippen molar-refractivity contribution >= 4 is 5.69 Å². The number of hydrogen-bond donors (Lipinski definition) is 2. The van der Waals surface area contributed by atoms with Crippen LogP contribution < -0.4 is 15.8 Å². The number of nitrogens with two attached hydrogens (primary N) is 1. The molecule has 0 saturated carbocycles. The van der Waals surface area contributed by atoms with Crippen LogP contribution in [0, 0.1) is 6.92 Å². The fourth-order valence-corrected chi connectivity index (χ4v) is 1.52. The molecule has 0 aliphatic carbocycles. The maximum absolute atomic E-state index is 5.92. The van der Waals surface area contributed by atoms with Gasteiger partial charge < -0.3 is 15.8 Å². The van der Waals surface area contributed by atoms with Crippen LogP contribution in [0.5, 0.6) is 5.75 Å². The van der Waals surface area contributed by atoms with Gasteiger partial charge in [0.25, 0.3) is 0 Å². The van der Waals surface area contributed by atoms with E-state index in [2.05, 4.69) is 11.4 Å². The first-order valence-electron chi connectivity index (χ1n) is 5.60. The molecule has 0 aliphatic heterocycles. The minimum Gasteiger partial charge on any atom is -0.496 e. The van der Waals surface area contributed by atoms with Crippen molar-refractivity contribution < 1.29 is 4.74 Å². The lowest BCUT2D eigenvalue weighted by Gasteiger charge is -2.19. The van der Waals surface area contributed by atoms with Crippen molar-refractivity contribution in [3.8, 4) is 5.75 Å². The first-order valence-corrected chi connectivity index (χ1v) is 5.60. The van der Waals surface area contributed by atoms with E-state index in [1.54, 1.807) is 7.11 Å². The predicted octanol–water partition coefficient (Wildman–Crippen LogP) is 2.54. The third-order valence-corrected chi connectivity index (χ3v) is 2.49. The molecule has 0 unspecified atom stereocenters. The zero-order chi connectivity index (χ0) is 12.2. The highest BCUT2D eigenvalue weighted by atomic mass is 16.5. The molecule has 0 fully saturated rings. The molecule has 16 heavy (non-hydrogen) atoms. The molecule has 0 amide bonds. The van der Waals surface area contributed by atoms with E-state index in [0.717, 1.165) is 30.0 Å². The molecule has 0 saturated heterocycles. The van der Waals surface area contributed by atoms with Gasteiger partial charge in [-0.25, -0.2) is 0 Å². The summed E-state index contributed by atoms with van der Waals surface area (Å²) < 4.78 is 5.21. The molecule has 1 rings (SSSR count). The molecule has 0 heterocycles. The highest BCUT2D eigenvalue weighted by Crippen LogP contribution is 2.21. The summed E-state index contributed by atoms with van der Waals surface area (Å²) in [5.41, 5.74) is 8.05. The SMILES string of the molecule is COc1ccc(NCCC(C)(C)N)cc1C. The number of rotatable bonds is 5. The lowest BCUT2D eigenvalue weighted by atomic mass is 10.0. The van der Waals surface area contributed by atoms with Crippen molar-refractivity contribution in [2.75, 3.05) is 19.0 Å². The second-order valence-electron chi connectivity index (χ2n) is 4.85. The summed E-state index contributed by atoms with van der Waals surface area (Å²) in [6.07, 6.45) is 0.943. The molecule has 90 valence electrons. The Morgan fingerprint density at radius 2 is 2.06 bits per heavy atom. The number of hydrogen-bond acceptors (Lipinski definition) is 3. The van der Waals surface area contributed by atoms with Gasteiger partial charge in [0.2, 0.25) is 0 Å². The van der Waals surface area contributed by atoms with Crippen molar-refractivity contribution in [1.29, 1.82) is 0 Å². The van der Waals surface area contributed by atoms with Crippen molar-refractivity contribution in [2.45, 2.75) is 32.7 Å². The summed E-state index contributed by atoms with van der Waals surface area (Å²) in [5.74, 6) is 0.921. The molecular weight excluding hydrogens is 200 g/mol. The molecule has 0 aliphatic rings. The number of aryl methyl sites for hydroxylation is 1. The minimum atomic E-state index is -0.117. The molecule has 1 aromatic rings. The zero-order valence-electron chi connectivity index (χ0n) is 10.6. The standard InChI is InChI=1S/C13H22N2O/c1-10-9-11(5-6-12(10)16-4)15-8-7-13(2,3)14/h5-6,9,15H,7-8,14H2,1-4H3.